The Kier molecular flexibility index (Phi) is 9.54. The van der Waals surface area contributed by atoms with Gasteiger partial charge in [0.25, 0.3) is 0 Å². The van der Waals surface area contributed by atoms with Gasteiger partial charge in [0.1, 0.15) is 11.5 Å². The van der Waals surface area contributed by atoms with Gasteiger partial charge in [-0.2, -0.15) is 0 Å². The molecule has 322 valence electrons. The van der Waals surface area contributed by atoms with Gasteiger partial charge in [-0.15, -0.1) is 0 Å². The summed E-state index contributed by atoms with van der Waals surface area (Å²) < 4.78 is 7.02. The molecule has 0 atom stereocenters. The minimum absolute atomic E-state index is 0.546. The molecule has 0 radical (unpaired) electrons. The predicted octanol–water partition coefficient (Wildman–Crippen LogP) is 17.5. The molecule has 0 amide bonds. The lowest BCUT2D eigenvalue weighted by atomic mass is 9.67. The average Bonchev–Trinajstić information content (AvgIpc) is 3.71. The molecule has 0 bridgehead atoms. The van der Waals surface area contributed by atoms with Crippen LogP contribution >= 0.6 is 0 Å². The Balaban J connectivity index is 1.05. The Morgan fingerprint density at radius 2 is 1.03 bits per heavy atom. The number of hydrogen-bond donors (Lipinski definition) is 0. The molecule has 13 rings (SSSR count). The predicted molar refractivity (Wildman–Crippen MR) is 282 cm³/mol. The quantitative estimate of drug-likeness (QED) is 0.144. The lowest BCUT2D eigenvalue weighted by molar-refractivity contribution is 0.487. The number of anilines is 5. The monoisotopic (exact) mass is 870 g/mol. The number of benzene rings is 10. The standard InChI is InChI=1S/C65H46N2O/c1-6-20-45(21-7-1)46-36-38-51(39-37-46)67(52-40-41-54-53-30-16-17-33-57(53)65(58(54)44-52,47-22-8-2-9-23-47)48-24-10-3-11-25-48)59-42-43-62-63-55(59)31-18-32-56(63)64-60(34-19-35-61(64)68-62)66(49-26-12-4-13-27-49)50-28-14-5-15-29-50/h1-14,16-28,30-44H,15,29H2. The highest BCUT2D eigenvalue weighted by molar-refractivity contribution is 6.13. The van der Waals surface area contributed by atoms with Crippen LogP contribution in [0.1, 0.15) is 35.1 Å². The zero-order valence-electron chi connectivity index (χ0n) is 37.5. The Morgan fingerprint density at radius 1 is 0.412 bits per heavy atom. The highest BCUT2D eigenvalue weighted by atomic mass is 16.5. The summed E-state index contributed by atoms with van der Waals surface area (Å²) in [5.74, 6) is 1.71. The first-order valence-corrected chi connectivity index (χ1v) is 23.6. The molecule has 0 aromatic heterocycles. The van der Waals surface area contributed by atoms with E-state index in [9.17, 15) is 0 Å². The first-order valence-electron chi connectivity index (χ1n) is 23.6. The van der Waals surface area contributed by atoms with Crippen molar-refractivity contribution in [3.8, 4) is 44.9 Å². The highest BCUT2D eigenvalue weighted by Crippen LogP contribution is 2.59. The second kappa shape index (κ2) is 16.3. The summed E-state index contributed by atoms with van der Waals surface area (Å²) in [6.07, 6.45) is 8.63. The van der Waals surface area contributed by atoms with Gasteiger partial charge < -0.3 is 14.5 Å². The Hall–Kier alpha value is -8.66. The summed E-state index contributed by atoms with van der Waals surface area (Å²) in [5.41, 5.74) is 18.3. The fourth-order valence-corrected chi connectivity index (χ4v) is 11.3. The van der Waals surface area contributed by atoms with Gasteiger partial charge in [0, 0.05) is 39.1 Å². The Labute approximate surface area is 397 Å². The fraction of sp³-hybridized carbons (Fsp3) is 0.0462. The van der Waals surface area contributed by atoms with E-state index in [0.717, 1.165) is 74.7 Å². The maximum atomic E-state index is 7.02. The maximum Gasteiger partial charge on any atom is 0.137 e. The van der Waals surface area contributed by atoms with Crippen LogP contribution in [0.2, 0.25) is 0 Å². The van der Waals surface area contributed by atoms with E-state index in [-0.39, 0.29) is 0 Å². The van der Waals surface area contributed by atoms with Gasteiger partial charge in [0.05, 0.1) is 16.8 Å². The lowest BCUT2D eigenvalue weighted by Crippen LogP contribution is -2.28. The van der Waals surface area contributed by atoms with Crippen molar-refractivity contribution in [3.05, 3.63) is 283 Å². The van der Waals surface area contributed by atoms with Crippen molar-refractivity contribution in [2.45, 2.75) is 18.3 Å². The van der Waals surface area contributed by atoms with Crippen molar-refractivity contribution in [1.82, 2.24) is 0 Å². The third-order valence-corrected chi connectivity index (χ3v) is 14.2. The van der Waals surface area contributed by atoms with Crippen molar-refractivity contribution in [1.29, 1.82) is 0 Å². The SMILES string of the molecule is C1=CCCC(N(c2ccccc2)c2cccc3c2-c2cccc4c(N(c5ccc(-c6ccccc6)cc5)c5ccc6c(c5)C(c5ccccc5)(c5ccccc5)c5ccccc5-6)ccc(c24)O3)=C1. The van der Waals surface area contributed by atoms with Crippen molar-refractivity contribution in [2.24, 2.45) is 0 Å². The van der Waals surface area contributed by atoms with E-state index in [1.165, 1.54) is 50.2 Å². The van der Waals surface area contributed by atoms with Crippen LogP contribution < -0.4 is 14.5 Å². The normalized spacial score (nSPS) is 13.7. The Bertz CT molecular complexity index is 3540. The van der Waals surface area contributed by atoms with E-state index in [2.05, 4.69) is 265 Å². The van der Waals surface area contributed by atoms with Crippen LogP contribution in [0.4, 0.5) is 28.4 Å². The second-order valence-electron chi connectivity index (χ2n) is 17.9. The topological polar surface area (TPSA) is 15.7 Å². The molecule has 1 heterocycles. The molecule has 68 heavy (non-hydrogen) atoms. The molecule has 10 aromatic carbocycles. The largest absolute Gasteiger partial charge is 0.456 e. The van der Waals surface area contributed by atoms with Crippen LogP contribution in [-0.2, 0) is 5.41 Å². The number of rotatable bonds is 9. The number of nitrogens with zero attached hydrogens (tertiary/aromatic N) is 2. The number of ether oxygens (including phenoxy) is 1. The summed E-state index contributed by atoms with van der Waals surface area (Å²) in [6.45, 7) is 0. The van der Waals surface area contributed by atoms with Crippen molar-refractivity contribution >= 4 is 39.2 Å². The molecule has 3 aliphatic rings. The third-order valence-electron chi connectivity index (χ3n) is 14.2. The highest BCUT2D eigenvalue weighted by Gasteiger charge is 2.46. The number of fused-ring (bicyclic) bond motifs is 5. The summed E-state index contributed by atoms with van der Waals surface area (Å²) in [4.78, 5) is 4.88. The van der Waals surface area contributed by atoms with Crippen LogP contribution in [0.3, 0.4) is 0 Å². The van der Waals surface area contributed by atoms with E-state index >= 15 is 0 Å². The minimum Gasteiger partial charge on any atom is -0.456 e. The zero-order valence-corrected chi connectivity index (χ0v) is 37.5. The van der Waals surface area contributed by atoms with Gasteiger partial charge in [-0.25, -0.2) is 0 Å². The molecule has 0 saturated heterocycles. The van der Waals surface area contributed by atoms with Gasteiger partial charge in [-0.3, -0.25) is 0 Å². The molecule has 3 heteroatoms. The van der Waals surface area contributed by atoms with E-state index < -0.39 is 5.41 Å². The van der Waals surface area contributed by atoms with Gasteiger partial charge in [-0.1, -0.05) is 188 Å². The molecule has 0 saturated carbocycles. The van der Waals surface area contributed by atoms with Crippen LogP contribution in [0, 0.1) is 0 Å². The molecular formula is C65H46N2O. The first kappa shape index (κ1) is 39.7. The maximum absolute atomic E-state index is 7.02. The molecule has 10 aromatic rings. The molecule has 0 N–H and O–H groups in total. The summed E-state index contributed by atoms with van der Waals surface area (Å²) in [5, 5.41) is 2.21. The van der Waals surface area contributed by atoms with Crippen LogP contribution in [0.15, 0.2) is 261 Å². The van der Waals surface area contributed by atoms with Crippen LogP contribution in [0.5, 0.6) is 11.5 Å². The minimum atomic E-state index is -0.546. The van der Waals surface area contributed by atoms with Crippen molar-refractivity contribution in [3.63, 3.8) is 0 Å². The van der Waals surface area contributed by atoms with Gasteiger partial charge in [0.2, 0.25) is 0 Å². The summed E-state index contributed by atoms with van der Waals surface area (Å²) in [6, 6.07) is 86.3. The van der Waals surface area contributed by atoms with Crippen LogP contribution in [0.25, 0.3) is 44.2 Å². The molecule has 0 unspecified atom stereocenters. The molecular weight excluding hydrogens is 825 g/mol. The zero-order chi connectivity index (χ0) is 45.0. The smallest absolute Gasteiger partial charge is 0.137 e. The first-order chi connectivity index (χ1) is 33.8. The number of allylic oxidation sites excluding steroid dienone is 4. The fourth-order valence-electron chi connectivity index (χ4n) is 11.3. The Morgan fingerprint density at radius 3 is 1.76 bits per heavy atom. The summed E-state index contributed by atoms with van der Waals surface area (Å²) in [7, 11) is 0. The average molecular weight is 871 g/mol. The van der Waals surface area contributed by atoms with E-state index in [4.69, 9.17) is 4.74 Å². The van der Waals surface area contributed by atoms with Gasteiger partial charge >= 0.3 is 0 Å². The second-order valence-corrected chi connectivity index (χ2v) is 17.9. The van der Waals surface area contributed by atoms with Crippen LogP contribution in [-0.4, -0.2) is 0 Å². The van der Waals surface area contributed by atoms with Gasteiger partial charge in [-0.05, 0) is 130 Å². The molecule has 2 aliphatic carbocycles. The van der Waals surface area contributed by atoms with Crippen molar-refractivity contribution < 1.29 is 4.74 Å². The van der Waals surface area contributed by atoms with E-state index in [1.54, 1.807) is 0 Å². The number of hydrogen-bond acceptors (Lipinski definition) is 3. The number of para-hydroxylation sites is 1. The third kappa shape index (κ3) is 6.27. The van der Waals surface area contributed by atoms with Crippen molar-refractivity contribution in [2.75, 3.05) is 9.80 Å². The molecule has 0 spiro atoms. The van der Waals surface area contributed by atoms with E-state index in [0.29, 0.717) is 0 Å². The molecule has 3 nitrogen and oxygen atoms in total. The lowest BCUT2D eigenvalue weighted by Gasteiger charge is -2.35. The molecule has 0 fully saturated rings. The summed E-state index contributed by atoms with van der Waals surface area (Å²) >= 11 is 0. The molecule has 1 aliphatic heterocycles. The van der Waals surface area contributed by atoms with Gasteiger partial charge in [0.15, 0.2) is 0 Å². The van der Waals surface area contributed by atoms with E-state index in [1.807, 2.05) is 0 Å².